The van der Waals surface area contributed by atoms with E-state index in [0.29, 0.717) is 6.54 Å². The number of likely N-dealkylation sites (tertiary alicyclic amines) is 1. The molecule has 1 N–H and O–H groups in total. The maximum atomic E-state index is 12.8. The summed E-state index contributed by atoms with van der Waals surface area (Å²) >= 11 is 0. The van der Waals surface area contributed by atoms with Crippen LogP contribution >= 0.6 is 0 Å². The summed E-state index contributed by atoms with van der Waals surface area (Å²) in [6, 6.07) is 7.46. The topological polar surface area (TPSA) is 57.6 Å². The molecule has 1 saturated heterocycles. The van der Waals surface area contributed by atoms with E-state index < -0.39 is 12.0 Å². The average molecular weight is 287 g/mol. The van der Waals surface area contributed by atoms with E-state index in [1.807, 2.05) is 19.1 Å². The van der Waals surface area contributed by atoms with Gasteiger partial charge in [-0.1, -0.05) is 31.2 Å². The van der Waals surface area contributed by atoms with E-state index in [-0.39, 0.29) is 17.7 Å². The third-order valence-corrected chi connectivity index (χ3v) is 4.87. The Bertz CT molecular complexity index is 544. The van der Waals surface area contributed by atoms with Gasteiger partial charge in [-0.3, -0.25) is 4.79 Å². The lowest BCUT2D eigenvalue weighted by molar-refractivity contribution is -0.156. The zero-order valence-corrected chi connectivity index (χ0v) is 12.3. The summed E-state index contributed by atoms with van der Waals surface area (Å²) in [7, 11) is 0. The zero-order chi connectivity index (χ0) is 15.0. The maximum Gasteiger partial charge on any atom is 0.326 e. The molecule has 1 aliphatic carbocycles. The van der Waals surface area contributed by atoms with Crippen molar-refractivity contribution in [2.75, 3.05) is 6.54 Å². The number of hydrogen-bond donors (Lipinski definition) is 1. The smallest absolute Gasteiger partial charge is 0.326 e. The van der Waals surface area contributed by atoms with E-state index in [1.165, 1.54) is 11.1 Å². The van der Waals surface area contributed by atoms with E-state index in [1.54, 1.807) is 4.90 Å². The Morgan fingerprint density at radius 3 is 2.38 bits per heavy atom. The number of rotatable bonds is 2. The first kappa shape index (κ1) is 14.1. The van der Waals surface area contributed by atoms with Gasteiger partial charge >= 0.3 is 5.97 Å². The van der Waals surface area contributed by atoms with Crippen molar-refractivity contribution in [2.24, 2.45) is 11.8 Å². The van der Waals surface area contributed by atoms with Crippen molar-refractivity contribution < 1.29 is 14.7 Å². The van der Waals surface area contributed by atoms with Gasteiger partial charge in [-0.15, -0.1) is 0 Å². The summed E-state index contributed by atoms with van der Waals surface area (Å²) in [6.45, 7) is 2.51. The van der Waals surface area contributed by atoms with Crippen LogP contribution in [0.1, 0.15) is 30.9 Å². The minimum Gasteiger partial charge on any atom is -0.480 e. The molecule has 2 aliphatic rings. The number of nitrogens with zero attached hydrogens (tertiary/aromatic N) is 1. The minimum absolute atomic E-state index is 0.0187. The summed E-state index contributed by atoms with van der Waals surface area (Å²) in [4.78, 5) is 25.9. The van der Waals surface area contributed by atoms with Crippen LogP contribution in [-0.2, 0) is 22.4 Å². The monoisotopic (exact) mass is 287 g/mol. The fourth-order valence-electron chi connectivity index (χ4n) is 3.78. The molecule has 4 nitrogen and oxygen atoms in total. The summed E-state index contributed by atoms with van der Waals surface area (Å²) in [5.41, 5.74) is 2.46. The maximum absolute atomic E-state index is 12.8. The highest BCUT2D eigenvalue weighted by Gasteiger charge is 2.40. The highest BCUT2D eigenvalue weighted by atomic mass is 16.4. The molecule has 21 heavy (non-hydrogen) atoms. The van der Waals surface area contributed by atoms with Gasteiger partial charge in [0.2, 0.25) is 5.91 Å². The lowest BCUT2D eigenvalue weighted by atomic mass is 9.89. The fourth-order valence-corrected chi connectivity index (χ4v) is 3.78. The largest absolute Gasteiger partial charge is 0.480 e. The molecule has 0 saturated carbocycles. The van der Waals surface area contributed by atoms with E-state index in [2.05, 4.69) is 12.1 Å². The fraction of sp³-hybridized carbons (Fsp3) is 0.529. The third-order valence-electron chi connectivity index (χ3n) is 4.87. The standard InChI is InChI=1S/C17H21NO3/c1-11-5-4-8-18(15(11)17(20)21)16(19)14-9-12-6-2-3-7-13(12)10-14/h2-3,6-7,11,14-15H,4-5,8-10H2,1H3,(H,20,21). The third kappa shape index (κ3) is 2.55. The first-order chi connectivity index (χ1) is 10.1. The lowest BCUT2D eigenvalue weighted by Gasteiger charge is -2.38. The van der Waals surface area contributed by atoms with Gasteiger partial charge in [0, 0.05) is 12.5 Å². The van der Waals surface area contributed by atoms with Crippen molar-refractivity contribution in [1.29, 1.82) is 0 Å². The van der Waals surface area contributed by atoms with Crippen LogP contribution in [0, 0.1) is 11.8 Å². The number of carboxylic acid groups (broad SMARTS) is 1. The van der Waals surface area contributed by atoms with Crippen molar-refractivity contribution in [3.05, 3.63) is 35.4 Å². The van der Waals surface area contributed by atoms with Crippen LogP contribution in [0.4, 0.5) is 0 Å². The molecule has 1 aliphatic heterocycles. The molecule has 1 fully saturated rings. The van der Waals surface area contributed by atoms with Crippen LogP contribution in [0.2, 0.25) is 0 Å². The Labute approximate surface area is 124 Å². The van der Waals surface area contributed by atoms with E-state index in [9.17, 15) is 14.7 Å². The number of amides is 1. The Balaban J connectivity index is 1.78. The van der Waals surface area contributed by atoms with Gasteiger partial charge in [0.1, 0.15) is 6.04 Å². The second kappa shape index (κ2) is 5.51. The lowest BCUT2D eigenvalue weighted by Crippen LogP contribution is -2.53. The van der Waals surface area contributed by atoms with E-state index in [4.69, 9.17) is 0 Å². The van der Waals surface area contributed by atoms with Gasteiger partial charge in [-0.05, 0) is 42.7 Å². The van der Waals surface area contributed by atoms with Gasteiger partial charge in [0.05, 0.1) is 0 Å². The molecule has 1 heterocycles. The molecule has 4 heteroatoms. The Morgan fingerprint density at radius 1 is 1.19 bits per heavy atom. The van der Waals surface area contributed by atoms with Crippen LogP contribution in [0.25, 0.3) is 0 Å². The number of carbonyl (C=O) groups is 2. The first-order valence-corrected chi connectivity index (χ1v) is 7.68. The number of hydrogen-bond acceptors (Lipinski definition) is 2. The zero-order valence-electron chi connectivity index (χ0n) is 12.3. The average Bonchev–Trinajstić information content (AvgIpc) is 2.89. The van der Waals surface area contributed by atoms with Crippen molar-refractivity contribution in [3.8, 4) is 0 Å². The summed E-state index contributed by atoms with van der Waals surface area (Å²) in [5, 5.41) is 9.45. The van der Waals surface area contributed by atoms with Gasteiger partial charge in [0.25, 0.3) is 0 Å². The molecule has 0 aromatic heterocycles. The van der Waals surface area contributed by atoms with Crippen LogP contribution in [0.3, 0.4) is 0 Å². The molecule has 2 unspecified atom stereocenters. The van der Waals surface area contributed by atoms with Crippen LogP contribution in [0.15, 0.2) is 24.3 Å². The highest BCUT2D eigenvalue weighted by Crippen LogP contribution is 2.31. The summed E-state index contributed by atoms with van der Waals surface area (Å²) in [6.07, 6.45) is 3.26. The quantitative estimate of drug-likeness (QED) is 0.906. The molecule has 3 rings (SSSR count). The van der Waals surface area contributed by atoms with Crippen molar-refractivity contribution >= 4 is 11.9 Å². The molecule has 2 atom stereocenters. The SMILES string of the molecule is CC1CCCN(C(=O)C2Cc3ccccc3C2)C1C(=O)O. The highest BCUT2D eigenvalue weighted by molar-refractivity contribution is 5.86. The minimum atomic E-state index is -0.869. The molecular formula is C17H21NO3. The number of aliphatic carboxylic acids is 1. The summed E-state index contributed by atoms with van der Waals surface area (Å²) in [5.74, 6) is -0.908. The molecule has 0 bridgehead atoms. The Kier molecular flexibility index (Phi) is 3.70. The Hall–Kier alpha value is -1.84. The number of benzene rings is 1. The molecule has 0 spiro atoms. The Morgan fingerprint density at radius 2 is 1.81 bits per heavy atom. The normalized spacial score (nSPS) is 25.7. The number of piperidine rings is 1. The molecular weight excluding hydrogens is 266 g/mol. The van der Waals surface area contributed by atoms with Gasteiger partial charge in [-0.2, -0.15) is 0 Å². The number of carboxylic acids is 1. The number of fused-ring (bicyclic) bond motifs is 1. The van der Waals surface area contributed by atoms with Crippen LogP contribution < -0.4 is 0 Å². The second-order valence-corrected chi connectivity index (χ2v) is 6.31. The predicted molar refractivity (Wildman–Crippen MR) is 78.9 cm³/mol. The van der Waals surface area contributed by atoms with Gasteiger partial charge in [0.15, 0.2) is 0 Å². The van der Waals surface area contributed by atoms with Crippen molar-refractivity contribution in [1.82, 2.24) is 4.90 Å². The first-order valence-electron chi connectivity index (χ1n) is 7.68. The van der Waals surface area contributed by atoms with Gasteiger partial charge < -0.3 is 10.0 Å². The predicted octanol–water partition coefficient (Wildman–Crippen LogP) is 2.11. The molecule has 1 aromatic carbocycles. The summed E-state index contributed by atoms with van der Waals surface area (Å²) < 4.78 is 0. The molecule has 112 valence electrons. The molecule has 1 amide bonds. The van der Waals surface area contributed by atoms with Crippen LogP contribution in [-0.4, -0.2) is 34.5 Å². The van der Waals surface area contributed by atoms with E-state index in [0.717, 1.165) is 25.7 Å². The van der Waals surface area contributed by atoms with Crippen molar-refractivity contribution in [2.45, 2.75) is 38.6 Å². The van der Waals surface area contributed by atoms with Gasteiger partial charge in [-0.25, -0.2) is 4.79 Å². The molecule has 1 aromatic rings. The molecule has 0 radical (unpaired) electrons. The van der Waals surface area contributed by atoms with Crippen LogP contribution in [0.5, 0.6) is 0 Å². The van der Waals surface area contributed by atoms with Crippen molar-refractivity contribution in [3.63, 3.8) is 0 Å². The second-order valence-electron chi connectivity index (χ2n) is 6.31. The number of carbonyl (C=O) groups excluding carboxylic acids is 1. The van der Waals surface area contributed by atoms with E-state index >= 15 is 0 Å².